The highest BCUT2D eigenvalue weighted by molar-refractivity contribution is 5.92. The molecule has 1 aromatic heterocycles. The molecule has 0 radical (unpaired) electrons. The first-order valence-electron chi connectivity index (χ1n) is 10.3. The number of hydrogen-bond donors (Lipinski definition) is 2. The third kappa shape index (κ3) is 4.12. The monoisotopic (exact) mass is 375 g/mol. The quantitative estimate of drug-likeness (QED) is 0.648. The Morgan fingerprint density at radius 1 is 1.14 bits per heavy atom. The molecular weight excluding hydrogens is 346 g/mol. The van der Waals surface area contributed by atoms with Crippen LogP contribution in [-0.2, 0) is 11.3 Å². The molecule has 0 bridgehead atoms. The topological polar surface area (TPSA) is 48.1 Å². The summed E-state index contributed by atoms with van der Waals surface area (Å²) in [7, 11) is 0. The van der Waals surface area contributed by atoms with Gasteiger partial charge in [0.05, 0.1) is 0 Å². The standard InChI is InChI=1S/C24H29N3O/c1-17(2)24(28)26-21-7-3-5-19(15-21)18-10-13-27(14-11-18)16-20-6-4-8-23-22(20)9-12-25-23/h3-9,12,15,17-18,25H,10-11,13-14,16H2,1-2H3,(H,26,28). The van der Waals surface area contributed by atoms with Crippen molar-refractivity contribution in [1.82, 2.24) is 9.88 Å². The fourth-order valence-corrected chi connectivity index (χ4v) is 4.11. The maximum atomic E-state index is 12.0. The summed E-state index contributed by atoms with van der Waals surface area (Å²) in [6.45, 7) is 7.06. The van der Waals surface area contributed by atoms with E-state index in [-0.39, 0.29) is 11.8 Å². The summed E-state index contributed by atoms with van der Waals surface area (Å²) < 4.78 is 0. The number of nitrogens with zero attached hydrogens (tertiary/aromatic N) is 1. The lowest BCUT2D eigenvalue weighted by molar-refractivity contribution is -0.118. The molecule has 4 rings (SSSR count). The Bertz CT molecular complexity index is 951. The normalized spacial score (nSPS) is 16.0. The molecule has 0 atom stereocenters. The molecule has 28 heavy (non-hydrogen) atoms. The number of rotatable bonds is 5. The van der Waals surface area contributed by atoms with E-state index in [1.165, 1.54) is 22.0 Å². The van der Waals surface area contributed by atoms with Crippen LogP contribution in [0, 0.1) is 5.92 Å². The summed E-state index contributed by atoms with van der Waals surface area (Å²) in [5.74, 6) is 0.637. The third-order valence-corrected chi connectivity index (χ3v) is 5.82. The van der Waals surface area contributed by atoms with Crippen LogP contribution in [-0.4, -0.2) is 28.9 Å². The molecule has 2 aromatic carbocycles. The van der Waals surface area contributed by atoms with Crippen molar-refractivity contribution in [3.05, 3.63) is 65.9 Å². The molecular formula is C24H29N3O. The number of H-pyrrole nitrogens is 1. The molecule has 0 saturated carbocycles. The number of amides is 1. The van der Waals surface area contributed by atoms with Crippen molar-refractivity contribution in [2.75, 3.05) is 18.4 Å². The molecule has 1 amide bonds. The van der Waals surface area contributed by atoms with Gasteiger partial charge < -0.3 is 10.3 Å². The molecule has 2 N–H and O–H groups in total. The summed E-state index contributed by atoms with van der Waals surface area (Å²) in [5, 5.41) is 4.36. The van der Waals surface area contributed by atoms with Crippen molar-refractivity contribution in [3.8, 4) is 0 Å². The van der Waals surface area contributed by atoms with Gasteiger partial charge in [-0.3, -0.25) is 9.69 Å². The molecule has 4 nitrogen and oxygen atoms in total. The number of benzene rings is 2. The van der Waals surface area contributed by atoms with Crippen molar-refractivity contribution in [2.45, 2.75) is 39.2 Å². The summed E-state index contributed by atoms with van der Waals surface area (Å²) in [6.07, 6.45) is 4.33. The predicted octanol–water partition coefficient (Wildman–Crippen LogP) is 5.14. The van der Waals surface area contributed by atoms with Gasteiger partial charge in [0.25, 0.3) is 0 Å². The van der Waals surface area contributed by atoms with Gasteiger partial charge >= 0.3 is 0 Å². The van der Waals surface area contributed by atoms with Crippen molar-refractivity contribution in [3.63, 3.8) is 0 Å². The number of hydrogen-bond acceptors (Lipinski definition) is 2. The summed E-state index contributed by atoms with van der Waals surface area (Å²) >= 11 is 0. The molecule has 1 fully saturated rings. The lowest BCUT2D eigenvalue weighted by Gasteiger charge is -2.32. The summed E-state index contributed by atoms with van der Waals surface area (Å²) in [5.41, 5.74) is 4.87. The smallest absolute Gasteiger partial charge is 0.226 e. The van der Waals surface area contributed by atoms with Crippen LogP contribution >= 0.6 is 0 Å². The maximum Gasteiger partial charge on any atom is 0.226 e. The van der Waals surface area contributed by atoms with Crippen molar-refractivity contribution >= 4 is 22.5 Å². The highest BCUT2D eigenvalue weighted by Gasteiger charge is 2.21. The Morgan fingerprint density at radius 2 is 1.93 bits per heavy atom. The Balaban J connectivity index is 1.38. The van der Waals surface area contributed by atoms with E-state index in [2.05, 4.69) is 57.7 Å². The SMILES string of the molecule is CC(C)C(=O)Nc1cccc(C2CCN(Cc3cccc4[nH]ccc34)CC2)c1. The average molecular weight is 376 g/mol. The zero-order valence-corrected chi connectivity index (χ0v) is 16.7. The number of piperidine rings is 1. The largest absolute Gasteiger partial charge is 0.361 e. The van der Waals surface area contributed by atoms with Crippen LogP contribution in [0.4, 0.5) is 5.69 Å². The van der Waals surface area contributed by atoms with Gasteiger partial charge in [0.1, 0.15) is 0 Å². The summed E-state index contributed by atoms with van der Waals surface area (Å²) in [4.78, 5) is 17.8. The highest BCUT2D eigenvalue weighted by atomic mass is 16.1. The van der Waals surface area contributed by atoms with E-state index in [4.69, 9.17) is 0 Å². The average Bonchev–Trinajstić information content (AvgIpc) is 3.19. The fourth-order valence-electron chi connectivity index (χ4n) is 4.11. The fraction of sp³-hybridized carbons (Fsp3) is 0.375. The second-order valence-electron chi connectivity index (χ2n) is 8.18. The van der Waals surface area contributed by atoms with Gasteiger partial charge in [0, 0.05) is 35.2 Å². The number of aromatic amines is 1. The van der Waals surface area contributed by atoms with E-state index in [1.54, 1.807) is 0 Å². The van der Waals surface area contributed by atoms with Gasteiger partial charge in [0.15, 0.2) is 0 Å². The Hall–Kier alpha value is -2.59. The van der Waals surface area contributed by atoms with E-state index in [0.717, 1.165) is 38.2 Å². The van der Waals surface area contributed by atoms with E-state index >= 15 is 0 Å². The van der Waals surface area contributed by atoms with Crippen LogP contribution in [0.5, 0.6) is 0 Å². The molecule has 3 aromatic rings. The Labute approximate surface area is 166 Å². The summed E-state index contributed by atoms with van der Waals surface area (Å²) in [6, 6.07) is 17.1. The molecule has 1 aliphatic rings. The van der Waals surface area contributed by atoms with E-state index in [9.17, 15) is 4.79 Å². The number of likely N-dealkylation sites (tertiary alicyclic amines) is 1. The number of nitrogens with one attached hydrogen (secondary N) is 2. The molecule has 0 spiro atoms. The van der Waals surface area contributed by atoms with Crippen LogP contribution in [0.2, 0.25) is 0 Å². The van der Waals surface area contributed by atoms with Gasteiger partial charge in [0.2, 0.25) is 5.91 Å². The van der Waals surface area contributed by atoms with Gasteiger partial charge in [-0.2, -0.15) is 0 Å². The maximum absolute atomic E-state index is 12.0. The minimum absolute atomic E-state index is 0.00336. The van der Waals surface area contributed by atoms with Gasteiger partial charge in [-0.1, -0.05) is 38.1 Å². The molecule has 4 heteroatoms. The lowest BCUT2D eigenvalue weighted by Crippen LogP contribution is -2.32. The molecule has 1 aliphatic heterocycles. The number of anilines is 1. The van der Waals surface area contributed by atoms with E-state index in [1.807, 2.05) is 26.1 Å². The Kier molecular flexibility index (Phi) is 5.49. The van der Waals surface area contributed by atoms with Crippen LogP contribution in [0.25, 0.3) is 10.9 Å². The van der Waals surface area contributed by atoms with Gasteiger partial charge in [-0.25, -0.2) is 0 Å². The first-order valence-corrected chi connectivity index (χ1v) is 10.3. The minimum Gasteiger partial charge on any atom is -0.361 e. The number of aromatic nitrogens is 1. The van der Waals surface area contributed by atoms with Crippen molar-refractivity contribution in [1.29, 1.82) is 0 Å². The second-order valence-corrected chi connectivity index (χ2v) is 8.18. The van der Waals surface area contributed by atoms with Crippen LogP contribution in [0.15, 0.2) is 54.7 Å². The molecule has 1 saturated heterocycles. The van der Waals surface area contributed by atoms with Crippen LogP contribution < -0.4 is 5.32 Å². The predicted molar refractivity (Wildman–Crippen MR) is 115 cm³/mol. The molecule has 0 unspecified atom stereocenters. The first kappa shape index (κ1) is 18.8. The highest BCUT2D eigenvalue weighted by Crippen LogP contribution is 2.31. The van der Waals surface area contributed by atoms with Crippen LogP contribution in [0.1, 0.15) is 43.7 Å². The van der Waals surface area contributed by atoms with Gasteiger partial charge in [-0.15, -0.1) is 0 Å². The van der Waals surface area contributed by atoms with Crippen LogP contribution in [0.3, 0.4) is 0 Å². The second kappa shape index (κ2) is 8.19. The zero-order valence-electron chi connectivity index (χ0n) is 16.7. The molecule has 2 heterocycles. The van der Waals surface area contributed by atoms with Crippen molar-refractivity contribution < 1.29 is 4.79 Å². The zero-order chi connectivity index (χ0) is 19.5. The number of carbonyl (C=O) groups is 1. The van der Waals surface area contributed by atoms with Gasteiger partial charge in [-0.05, 0) is 67.2 Å². The Morgan fingerprint density at radius 3 is 2.71 bits per heavy atom. The molecule has 0 aliphatic carbocycles. The minimum atomic E-state index is -0.00336. The lowest BCUT2D eigenvalue weighted by atomic mass is 9.89. The van der Waals surface area contributed by atoms with E-state index < -0.39 is 0 Å². The third-order valence-electron chi connectivity index (χ3n) is 5.82. The number of carbonyl (C=O) groups excluding carboxylic acids is 1. The van der Waals surface area contributed by atoms with E-state index in [0.29, 0.717) is 5.92 Å². The van der Waals surface area contributed by atoms with Crippen molar-refractivity contribution in [2.24, 2.45) is 5.92 Å². The molecule has 146 valence electrons. The number of fused-ring (bicyclic) bond motifs is 1. The first-order chi connectivity index (χ1) is 13.6.